The molecular weight excluding hydrogens is 166 g/mol. The maximum atomic E-state index is 11.0. The van der Waals surface area contributed by atoms with Crippen molar-refractivity contribution in [3.8, 4) is 0 Å². The molecule has 0 atom stereocenters. The fourth-order valence-corrected chi connectivity index (χ4v) is 1.89. The summed E-state index contributed by atoms with van der Waals surface area (Å²) in [5.74, 6) is 0. The molecule has 0 aromatic rings. The Kier molecular flexibility index (Phi) is 2.83. The summed E-state index contributed by atoms with van der Waals surface area (Å²) in [6.45, 7) is 3.63. The molecule has 66 valence electrons. The molecule has 0 aliphatic carbocycles. The van der Waals surface area contributed by atoms with Crippen LogP contribution < -0.4 is 14.8 Å². The predicted molar refractivity (Wildman–Crippen MR) is 42.4 cm³/mol. The van der Waals surface area contributed by atoms with E-state index in [4.69, 9.17) is 0 Å². The van der Waals surface area contributed by atoms with Gasteiger partial charge in [-0.15, -0.1) is 0 Å². The predicted octanol–water partition coefficient (Wildman–Crippen LogP) is -1.60. The van der Waals surface area contributed by atoms with E-state index in [9.17, 15) is 8.42 Å². The van der Waals surface area contributed by atoms with Crippen LogP contribution in [0.25, 0.3) is 0 Å². The van der Waals surface area contributed by atoms with Crippen molar-refractivity contribution < 1.29 is 8.42 Å². The highest BCUT2D eigenvalue weighted by molar-refractivity contribution is 7.87. The van der Waals surface area contributed by atoms with Crippen LogP contribution in [0.5, 0.6) is 0 Å². The van der Waals surface area contributed by atoms with Gasteiger partial charge in [0.25, 0.3) is 10.2 Å². The molecule has 0 unspecified atom stereocenters. The summed E-state index contributed by atoms with van der Waals surface area (Å²) in [5.41, 5.74) is 0. The minimum absolute atomic E-state index is 0.0686. The van der Waals surface area contributed by atoms with Crippen molar-refractivity contribution in [3.63, 3.8) is 0 Å². The Morgan fingerprint density at radius 1 is 1.55 bits per heavy atom. The van der Waals surface area contributed by atoms with Crippen molar-refractivity contribution in [1.29, 1.82) is 0 Å². The standard InChI is InChI=1S/C5H13N3O2S/c1-2-7-11(9,10)8-5-3-6-4-5/h5-8H,2-4H2,1H3. The summed E-state index contributed by atoms with van der Waals surface area (Å²) in [6, 6.07) is 0.0686. The Bertz CT molecular complexity index is 210. The Morgan fingerprint density at radius 3 is 2.55 bits per heavy atom. The van der Waals surface area contributed by atoms with E-state index in [2.05, 4.69) is 14.8 Å². The minimum atomic E-state index is -3.23. The van der Waals surface area contributed by atoms with Crippen LogP contribution in [0.1, 0.15) is 6.92 Å². The zero-order valence-corrected chi connectivity index (χ0v) is 7.24. The van der Waals surface area contributed by atoms with Gasteiger partial charge in [0.05, 0.1) is 0 Å². The van der Waals surface area contributed by atoms with E-state index in [1.54, 1.807) is 6.92 Å². The highest BCUT2D eigenvalue weighted by atomic mass is 32.2. The molecule has 3 N–H and O–H groups in total. The van der Waals surface area contributed by atoms with Crippen LogP contribution in [0.2, 0.25) is 0 Å². The van der Waals surface area contributed by atoms with Crippen LogP contribution in [-0.2, 0) is 10.2 Å². The molecule has 1 rings (SSSR count). The Balaban J connectivity index is 2.33. The summed E-state index contributed by atoms with van der Waals surface area (Å²) in [7, 11) is -3.23. The molecule has 11 heavy (non-hydrogen) atoms. The number of hydrogen-bond donors (Lipinski definition) is 3. The molecule has 0 aromatic carbocycles. The largest absolute Gasteiger partial charge is 0.313 e. The third-order valence-corrected chi connectivity index (χ3v) is 2.75. The smallest absolute Gasteiger partial charge is 0.277 e. The molecule has 1 fully saturated rings. The number of hydrogen-bond acceptors (Lipinski definition) is 3. The lowest BCUT2D eigenvalue weighted by Gasteiger charge is -2.27. The van der Waals surface area contributed by atoms with E-state index in [-0.39, 0.29) is 6.04 Å². The van der Waals surface area contributed by atoms with Gasteiger partial charge in [-0.25, -0.2) is 4.72 Å². The third kappa shape index (κ3) is 2.74. The molecule has 1 aliphatic rings. The maximum Gasteiger partial charge on any atom is 0.277 e. The number of nitrogens with one attached hydrogen (secondary N) is 3. The molecule has 6 heteroatoms. The summed E-state index contributed by atoms with van der Waals surface area (Å²) in [6.07, 6.45) is 0. The Labute approximate surface area is 66.7 Å². The van der Waals surface area contributed by atoms with Crippen LogP contribution in [0.3, 0.4) is 0 Å². The molecular formula is C5H13N3O2S. The summed E-state index contributed by atoms with van der Waals surface area (Å²) in [5, 5.41) is 2.97. The second kappa shape index (κ2) is 3.48. The van der Waals surface area contributed by atoms with Gasteiger partial charge in [0, 0.05) is 25.7 Å². The first-order valence-corrected chi connectivity index (χ1v) is 5.10. The fraction of sp³-hybridized carbons (Fsp3) is 1.00. The normalized spacial score (nSPS) is 19.7. The average Bonchev–Trinajstić information content (AvgIpc) is 1.79. The zero-order valence-electron chi connectivity index (χ0n) is 6.42. The molecule has 1 aliphatic heterocycles. The highest BCUT2D eigenvalue weighted by Gasteiger charge is 2.21. The van der Waals surface area contributed by atoms with Crippen molar-refractivity contribution in [2.24, 2.45) is 0 Å². The molecule has 0 saturated carbocycles. The van der Waals surface area contributed by atoms with E-state index in [0.29, 0.717) is 6.54 Å². The van der Waals surface area contributed by atoms with Gasteiger partial charge < -0.3 is 5.32 Å². The first-order chi connectivity index (χ1) is 5.14. The third-order valence-electron chi connectivity index (χ3n) is 1.44. The van der Waals surface area contributed by atoms with E-state index in [1.807, 2.05) is 0 Å². The first-order valence-electron chi connectivity index (χ1n) is 3.61. The van der Waals surface area contributed by atoms with Crippen molar-refractivity contribution in [1.82, 2.24) is 14.8 Å². The van der Waals surface area contributed by atoms with Crippen molar-refractivity contribution in [2.75, 3.05) is 19.6 Å². The first kappa shape index (κ1) is 8.92. The van der Waals surface area contributed by atoms with Gasteiger partial charge in [0.15, 0.2) is 0 Å². The van der Waals surface area contributed by atoms with Crippen LogP contribution in [0.4, 0.5) is 0 Å². The highest BCUT2D eigenvalue weighted by Crippen LogP contribution is 1.92. The van der Waals surface area contributed by atoms with Crippen LogP contribution in [0.15, 0.2) is 0 Å². The van der Waals surface area contributed by atoms with Crippen molar-refractivity contribution in [3.05, 3.63) is 0 Å². The van der Waals surface area contributed by atoms with Crippen LogP contribution in [0, 0.1) is 0 Å². The monoisotopic (exact) mass is 179 g/mol. The molecule has 1 saturated heterocycles. The molecule has 0 aromatic heterocycles. The fourth-order valence-electron chi connectivity index (χ4n) is 0.823. The lowest BCUT2D eigenvalue weighted by atomic mass is 10.2. The van der Waals surface area contributed by atoms with Gasteiger partial charge in [-0.3, -0.25) is 0 Å². The van der Waals surface area contributed by atoms with Gasteiger partial charge in [-0.1, -0.05) is 6.92 Å². The Morgan fingerprint density at radius 2 is 2.18 bits per heavy atom. The molecule has 5 nitrogen and oxygen atoms in total. The minimum Gasteiger partial charge on any atom is -0.313 e. The van der Waals surface area contributed by atoms with Gasteiger partial charge in [0.1, 0.15) is 0 Å². The van der Waals surface area contributed by atoms with E-state index >= 15 is 0 Å². The molecule has 0 bridgehead atoms. The van der Waals surface area contributed by atoms with Crippen molar-refractivity contribution >= 4 is 10.2 Å². The molecule has 1 heterocycles. The van der Waals surface area contributed by atoms with Crippen LogP contribution in [-0.4, -0.2) is 34.1 Å². The number of rotatable bonds is 4. The molecule has 0 amide bonds. The van der Waals surface area contributed by atoms with Gasteiger partial charge >= 0.3 is 0 Å². The second-order valence-corrected chi connectivity index (χ2v) is 4.01. The van der Waals surface area contributed by atoms with E-state index < -0.39 is 10.2 Å². The van der Waals surface area contributed by atoms with Crippen LogP contribution >= 0.6 is 0 Å². The van der Waals surface area contributed by atoms with Gasteiger partial charge in [0.2, 0.25) is 0 Å². The maximum absolute atomic E-state index is 11.0. The lowest BCUT2D eigenvalue weighted by molar-refractivity contribution is 0.408. The quantitative estimate of drug-likeness (QED) is 0.487. The van der Waals surface area contributed by atoms with E-state index in [0.717, 1.165) is 13.1 Å². The summed E-state index contributed by atoms with van der Waals surface area (Å²) < 4.78 is 26.8. The lowest BCUT2D eigenvalue weighted by Crippen LogP contribution is -2.58. The topological polar surface area (TPSA) is 70.2 Å². The zero-order chi connectivity index (χ0) is 8.32. The molecule has 0 spiro atoms. The van der Waals surface area contributed by atoms with Gasteiger partial charge in [-0.05, 0) is 0 Å². The van der Waals surface area contributed by atoms with E-state index in [1.165, 1.54) is 0 Å². The summed E-state index contributed by atoms with van der Waals surface area (Å²) in [4.78, 5) is 0. The summed E-state index contributed by atoms with van der Waals surface area (Å²) >= 11 is 0. The average molecular weight is 179 g/mol. The van der Waals surface area contributed by atoms with Gasteiger partial charge in [-0.2, -0.15) is 13.1 Å². The SMILES string of the molecule is CCNS(=O)(=O)NC1CNC1. The van der Waals surface area contributed by atoms with Crippen molar-refractivity contribution in [2.45, 2.75) is 13.0 Å². The second-order valence-electron chi connectivity index (χ2n) is 2.47. The molecule has 0 radical (unpaired) electrons. The Hall–Kier alpha value is -0.170.